The first-order valence-electron chi connectivity index (χ1n) is 8.23. The summed E-state index contributed by atoms with van der Waals surface area (Å²) >= 11 is 0.251. The summed E-state index contributed by atoms with van der Waals surface area (Å²) in [4.78, 5) is 11.1. The van der Waals surface area contributed by atoms with Crippen molar-refractivity contribution in [3.8, 4) is 5.75 Å². The summed E-state index contributed by atoms with van der Waals surface area (Å²) in [6.07, 6.45) is 2.03. The Labute approximate surface area is 158 Å². The van der Waals surface area contributed by atoms with Crippen molar-refractivity contribution < 1.29 is 25.9 Å². The molecule has 3 aromatic rings. The van der Waals surface area contributed by atoms with Gasteiger partial charge in [0, 0.05) is 0 Å². The molecule has 0 spiro atoms. The number of fused-ring (bicyclic) bond motifs is 1. The van der Waals surface area contributed by atoms with Crippen LogP contribution in [0.5, 0.6) is 5.75 Å². The molecule has 0 aliphatic rings. The number of ether oxygens (including phenoxy) is 1. The molecule has 0 amide bonds. The van der Waals surface area contributed by atoms with Crippen LogP contribution in [0.4, 0.5) is 11.8 Å². The zero-order valence-electron chi connectivity index (χ0n) is 14.5. The minimum absolute atomic E-state index is 0.251. The van der Waals surface area contributed by atoms with Crippen LogP contribution in [-0.4, -0.2) is 37.0 Å². The van der Waals surface area contributed by atoms with E-state index in [1.54, 1.807) is 0 Å². The van der Waals surface area contributed by atoms with Gasteiger partial charge < -0.3 is 0 Å². The number of hydrogen-bond donors (Lipinski definition) is 2. The number of aromatic nitrogens is 3. The number of nitrogens with one attached hydrogen (secondary N) is 1. The van der Waals surface area contributed by atoms with Gasteiger partial charge in [-0.2, -0.15) is 0 Å². The van der Waals surface area contributed by atoms with E-state index in [4.69, 9.17) is 10.5 Å². The predicted molar refractivity (Wildman–Crippen MR) is 97.9 cm³/mol. The van der Waals surface area contributed by atoms with E-state index < -0.39 is 0 Å². The standard InChI is InChI=1S/C18H23IN5O/c1-3-25-15-7-5-4-6-13(15)12-24-11-8-14-16(24)17(21-10-9-19-2)23-18(20)22-14/h4-8,11H,3,9-10,12H2,1-2H3,(H3,20,21,22,23)/q-1. The Morgan fingerprint density at radius 1 is 1.24 bits per heavy atom. The normalized spacial score (nSPS) is 11.1. The number of halogens is 1. The van der Waals surface area contributed by atoms with Crippen molar-refractivity contribution in [1.29, 1.82) is 0 Å². The Balaban J connectivity index is 1.97. The number of alkyl halides is 2. The average Bonchev–Trinajstić information content (AvgIpc) is 3.00. The molecule has 0 bridgehead atoms. The second kappa shape index (κ2) is 8.37. The Morgan fingerprint density at radius 2 is 2.08 bits per heavy atom. The third-order valence-electron chi connectivity index (χ3n) is 3.82. The number of benzene rings is 1. The number of nitrogen functional groups attached to an aromatic ring is 1. The van der Waals surface area contributed by atoms with Gasteiger partial charge in [-0.05, 0) is 0 Å². The van der Waals surface area contributed by atoms with E-state index in [2.05, 4.69) is 30.8 Å². The summed E-state index contributed by atoms with van der Waals surface area (Å²) in [5, 5.41) is 3.43. The fourth-order valence-corrected chi connectivity index (χ4v) is 3.56. The summed E-state index contributed by atoms with van der Waals surface area (Å²) in [5.41, 5.74) is 8.84. The van der Waals surface area contributed by atoms with Gasteiger partial charge in [-0.1, -0.05) is 0 Å². The molecule has 3 N–H and O–H groups in total. The van der Waals surface area contributed by atoms with Crippen LogP contribution >= 0.6 is 0 Å². The first-order chi connectivity index (χ1) is 12.2. The summed E-state index contributed by atoms with van der Waals surface area (Å²) in [7, 11) is 0. The molecule has 25 heavy (non-hydrogen) atoms. The zero-order chi connectivity index (χ0) is 17.6. The first-order valence-corrected chi connectivity index (χ1v) is 11.9. The van der Waals surface area contributed by atoms with Crippen molar-refractivity contribution in [1.82, 2.24) is 14.5 Å². The van der Waals surface area contributed by atoms with Gasteiger partial charge in [0.2, 0.25) is 0 Å². The van der Waals surface area contributed by atoms with Crippen LogP contribution in [0.15, 0.2) is 36.5 Å². The first kappa shape index (κ1) is 17.8. The second-order valence-electron chi connectivity index (χ2n) is 5.53. The van der Waals surface area contributed by atoms with Gasteiger partial charge in [0.15, 0.2) is 0 Å². The van der Waals surface area contributed by atoms with Gasteiger partial charge in [-0.25, -0.2) is 0 Å². The molecule has 0 radical (unpaired) electrons. The van der Waals surface area contributed by atoms with E-state index in [-0.39, 0.29) is 21.2 Å². The van der Waals surface area contributed by atoms with Crippen molar-refractivity contribution in [2.45, 2.75) is 13.5 Å². The molecule has 3 rings (SSSR count). The van der Waals surface area contributed by atoms with Crippen LogP contribution in [0.3, 0.4) is 0 Å². The van der Waals surface area contributed by atoms with Gasteiger partial charge in [0.25, 0.3) is 0 Å². The van der Waals surface area contributed by atoms with E-state index in [1.807, 2.05) is 37.4 Å². The Kier molecular flexibility index (Phi) is 5.95. The Hall–Kier alpha value is -2.03. The topological polar surface area (TPSA) is 78.0 Å². The molecule has 1 aromatic carbocycles. The monoisotopic (exact) mass is 452 g/mol. The van der Waals surface area contributed by atoms with Crippen LogP contribution in [0.1, 0.15) is 12.5 Å². The number of hydrogen-bond acceptors (Lipinski definition) is 5. The number of para-hydroxylation sites is 1. The van der Waals surface area contributed by atoms with Gasteiger partial charge in [-0.15, -0.1) is 0 Å². The molecule has 0 aliphatic heterocycles. The van der Waals surface area contributed by atoms with E-state index >= 15 is 0 Å². The van der Waals surface area contributed by atoms with Gasteiger partial charge in [-0.3, -0.25) is 0 Å². The molecule has 2 heterocycles. The van der Waals surface area contributed by atoms with Crippen LogP contribution in [-0.2, 0) is 6.54 Å². The van der Waals surface area contributed by atoms with E-state index in [1.165, 1.54) is 4.43 Å². The number of anilines is 2. The molecule has 0 saturated carbocycles. The fourth-order valence-electron chi connectivity index (χ4n) is 2.75. The quantitative estimate of drug-likeness (QED) is 0.276. The molecule has 0 unspecified atom stereocenters. The van der Waals surface area contributed by atoms with Crippen molar-refractivity contribution in [2.24, 2.45) is 0 Å². The predicted octanol–water partition coefficient (Wildman–Crippen LogP) is -0.409. The second-order valence-corrected chi connectivity index (χ2v) is 8.14. The molecule has 0 aliphatic carbocycles. The SMILES string of the molecule is CCOc1ccccc1Cn1ccc2nc(N)nc(NCC[I-]C)c21. The van der Waals surface area contributed by atoms with Crippen molar-refractivity contribution in [3.05, 3.63) is 42.1 Å². The van der Waals surface area contributed by atoms with E-state index in [0.29, 0.717) is 19.1 Å². The maximum atomic E-state index is 5.87. The van der Waals surface area contributed by atoms with Gasteiger partial charge in [0.1, 0.15) is 0 Å². The van der Waals surface area contributed by atoms with Gasteiger partial charge >= 0.3 is 158 Å². The summed E-state index contributed by atoms with van der Waals surface area (Å²) in [6, 6.07) is 10.1. The molecule has 2 aromatic heterocycles. The molecule has 6 nitrogen and oxygen atoms in total. The number of rotatable bonds is 8. The minimum atomic E-state index is 0.251. The molecular formula is C18H23IN5O-. The van der Waals surface area contributed by atoms with Crippen molar-refractivity contribution in [3.63, 3.8) is 0 Å². The van der Waals surface area contributed by atoms with Crippen molar-refractivity contribution >= 4 is 22.8 Å². The van der Waals surface area contributed by atoms with Crippen LogP contribution in [0.2, 0.25) is 0 Å². The fraction of sp³-hybridized carbons (Fsp3) is 0.333. The summed E-state index contributed by atoms with van der Waals surface area (Å²) in [6.45, 7) is 4.26. The zero-order valence-corrected chi connectivity index (χ0v) is 16.7. The molecule has 0 saturated heterocycles. The number of nitrogens with zero attached hydrogens (tertiary/aromatic N) is 3. The number of nitrogens with two attached hydrogens (primary N) is 1. The van der Waals surface area contributed by atoms with Crippen molar-refractivity contribution in [2.75, 3.05) is 33.6 Å². The average molecular weight is 452 g/mol. The Morgan fingerprint density at radius 3 is 2.88 bits per heavy atom. The third-order valence-corrected chi connectivity index (χ3v) is 5.44. The molecule has 0 atom stereocenters. The van der Waals surface area contributed by atoms with Gasteiger partial charge in [0.05, 0.1) is 0 Å². The molecular weight excluding hydrogens is 429 g/mol. The maximum absolute atomic E-state index is 5.87. The molecule has 0 fully saturated rings. The van der Waals surface area contributed by atoms with E-state index in [9.17, 15) is 0 Å². The Bertz CT molecular complexity index is 849. The molecule has 7 heteroatoms. The summed E-state index contributed by atoms with van der Waals surface area (Å²) in [5.74, 6) is 2.01. The summed E-state index contributed by atoms with van der Waals surface area (Å²) < 4.78 is 9.09. The van der Waals surface area contributed by atoms with Crippen LogP contribution in [0, 0.1) is 0 Å². The van der Waals surface area contributed by atoms with Crippen LogP contribution < -0.4 is 37.0 Å². The molecule has 134 valence electrons. The van der Waals surface area contributed by atoms with E-state index in [0.717, 1.165) is 34.7 Å². The van der Waals surface area contributed by atoms with Crippen LogP contribution in [0.25, 0.3) is 11.0 Å². The third kappa shape index (κ3) is 4.15.